The molecule has 0 unspecified atom stereocenters. The summed E-state index contributed by atoms with van der Waals surface area (Å²) < 4.78 is 30.6. The van der Waals surface area contributed by atoms with Crippen LogP contribution in [0.15, 0.2) is 0 Å². The fourth-order valence-corrected chi connectivity index (χ4v) is 2.29. The Bertz CT molecular complexity index is 579. The number of nitrogens with two attached hydrogens (primary N) is 1. The molecule has 20 heavy (non-hydrogen) atoms. The van der Waals surface area contributed by atoms with Crippen molar-refractivity contribution >= 4 is 21.8 Å². The van der Waals surface area contributed by atoms with Gasteiger partial charge in [0.15, 0.2) is 5.69 Å². The molecule has 0 amide bonds. The Morgan fingerprint density at radius 1 is 1.50 bits per heavy atom. The van der Waals surface area contributed by atoms with Gasteiger partial charge in [-0.05, 0) is 6.42 Å². The molecule has 0 aromatic carbocycles. The zero-order valence-electron chi connectivity index (χ0n) is 11.8. The maximum atomic E-state index is 11.5. The molecule has 0 atom stereocenters. The zero-order chi connectivity index (χ0) is 15.3. The molecule has 3 N–H and O–H groups in total. The summed E-state index contributed by atoms with van der Waals surface area (Å²) in [5.74, 6) is 0.334. The van der Waals surface area contributed by atoms with Gasteiger partial charge in [-0.15, -0.1) is 0 Å². The van der Waals surface area contributed by atoms with E-state index in [1.54, 1.807) is 4.57 Å². The number of hydrogen-bond donors (Lipinski definition) is 2. The van der Waals surface area contributed by atoms with Gasteiger partial charge in [-0.25, -0.2) is 22.9 Å². The van der Waals surface area contributed by atoms with Crippen molar-refractivity contribution < 1.29 is 17.9 Å². The highest BCUT2D eigenvalue weighted by Crippen LogP contribution is 2.16. The van der Waals surface area contributed by atoms with Crippen LogP contribution in [0.25, 0.3) is 0 Å². The van der Waals surface area contributed by atoms with Gasteiger partial charge in [-0.3, -0.25) is 0 Å². The van der Waals surface area contributed by atoms with Gasteiger partial charge in [0.25, 0.3) is 0 Å². The standard InChI is InChI=1S/C11H20N4O4S/c1-4-8-14-9(11(16)19-2)10(12)15(8)7-5-6-13-20(3,17)18/h13H,4-7,12H2,1-3H3. The number of rotatable bonds is 7. The normalized spacial score (nSPS) is 11.6. The Balaban J connectivity index is 2.79. The van der Waals surface area contributed by atoms with Crippen LogP contribution in [-0.4, -0.2) is 43.8 Å². The Hall–Kier alpha value is -1.61. The summed E-state index contributed by atoms with van der Waals surface area (Å²) in [4.78, 5) is 15.7. The lowest BCUT2D eigenvalue weighted by Crippen LogP contribution is -2.24. The lowest BCUT2D eigenvalue weighted by Gasteiger charge is -2.09. The molecule has 0 fully saturated rings. The molecule has 0 bridgehead atoms. The van der Waals surface area contributed by atoms with Gasteiger partial charge in [0.1, 0.15) is 11.6 Å². The molecule has 0 aliphatic heterocycles. The van der Waals surface area contributed by atoms with E-state index in [0.29, 0.717) is 31.8 Å². The number of ether oxygens (including phenoxy) is 1. The molecule has 1 aromatic rings. The zero-order valence-corrected chi connectivity index (χ0v) is 12.7. The average Bonchev–Trinajstić information content (AvgIpc) is 2.69. The highest BCUT2D eigenvalue weighted by Gasteiger charge is 2.19. The first-order valence-electron chi connectivity index (χ1n) is 6.18. The van der Waals surface area contributed by atoms with E-state index in [0.717, 1.165) is 6.26 Å². The van der Waals surface area contributed by atoms with E-state index in [-0.39, 0.29) is 11.5 Å². The van der Waals surface area contributed by atoms with Gasteiger partial charge in [-0.2, -0.15) is 0 Å². The fourth-order valence-electron chi connectivity index (χ4n) is 1.77. The summed E-state index contributed by atoms with van der Waals surface area (Å²) in [6.45, 7) is 2.67. The van der Waals surface area contributed by atoms with Gasteiger partial charge >= 0.3 is 5.97 Å². The Morgan fingerprint density at radius 2 is 2.15 bits per heavy atom. The highest BCUT2D eigenvalue weighted by atomic mass is 32.2. The second kappa shape index (κ2) is 6.71. The van der Waals surface area contributed by atoms with Crippen LogP contribution in [0.3, 0.4) is 0 Å². The van der Waals surface area contributed by atoms with Crippen LogP contribution in [0.4, 0.5) is 5.82 Å². The predicted molar refractivity (Wildman–Crippen MR) is 74.8 cm³/mol. The number of methoxy groups -OCH3 is 1. The molecular formula is C11H20N4O4S. The van der Waals surface area contributed by atoms with Crippen molar-refractivity contribution in [2.75, 3.05) is 25.6 Å². The molecule has 114 valence electrons. The van der Waals surface area contributed by atoms with E-state index in [2.05, 4.69) is 14.4 Å². The summed E-state index contributed by atoms with van der Waals surface area (Å²) in [6.07, 6.45) is 2.26. The second-order valence-electron chi connectivity index (χ2n) is 4.28. The number of nitrogens with one attached hydrogen (secondary N) is 1. The Kier molecular flexibility index (Phi) is 5.52. The van der Waals surface area contributed by atoms with Crippen molar-refractivity contribution in [3.63, 3.8) is 0 Å². The Morgan fingerprint density at radius 3 is 2.65 bits per heavy atom. The first-order valence-corrected chi connectivity index (χ1v) is 8.07. The van der Waals surface area contributed by atoms with Crippen molar-refractivity contribution in [1.82, 2.24) is 14.3 Å². The maximum Gasteiger partial charge on any atom is 0.360 e. The van der Waals surface area contributed by atoms with Crippen LogP contribution >= 0.6 is 0 Å². The monoisotopic (exact) mass is 304 g/mol. The van der Waals surface area contributed by atoms with E-state index in [4.69, 9.17) is 5.73 Å². The molecule has 9 heteroatoms. The van der Waals surface area contributed by atoms with Gasteiger partial charge in [-0.1, -0.05) is 6.92 Å². The van der Waals surface area contributed by atoms with E-state index in [1.165, 1.54) is 7.11 Å². The van der Waals surface area contributed by atoms with Crippen LogP contribution < -0.4 is 10.5 Å². The molecule has 8 nitrogen and oxygen atoms in total. The van der Waals surface area contributed by atoms with E-state index < -0.39 is 16.0 Å². The number of aryl methyl sites for hydroxylation is 1. The number of carbonyl (C=O) groups is 1. The number of nitrogens with zero attached hydrogens (tertiary/aromatic N) is 2. The third kappa shape index (κ3) is 4.20. The molecule has 1 aromatic heterocycles. The molecule has 0 aliphatic carbocycles. The van der Waals surface area contributed by atoms with Gasteiger partial charge in [0, 0.05) is 19.5 Å². The predicted octanol–water partition coefficient (Wildman–Crippen LogP) is -0.246. The number of esters is 1. The fraction of sp³-hybridized carbons (Fsp3) is 0.636. The largest absolute Gasteiger partial charge is 0.464 e. The summed E-state index contributed by atoms with van der Waals surface area (Å²) in [6, 6.07) is 0. The number of sulfonamides is 1. The van der Waals surface area contributed by atoms with Crippen LogP contribution in [0.1, 0.15) is 29.7 Å². The first kappa shape index (κ1) is 16.4. The second-order valence-corrected chi connectivity index (χ2v) is 6.11. The third-order valence-electron chi connectivity index (χ3n) is 2.70. The Labute approximate surface area is 118 Å². The summed E-state index contributed by atoms with van der Waals surface area (Å²) in [5, 5.41) is 0. The van der Waals surface area contributed by atoms with Crippen LogP contribution in [0, 0.1) is 0 Å². The molecule has 0 aliphatic rings. The van der Waals surface area contributed by atoms with E-state index in [9.17, 15) is 13.2 Å². The van der Waals surface area contributed by atoms with E-state index >= 15 is 0 Å². The number of hydrogen-bond acceptors (Lipinski definition) is 6. The number of imidazole rings is 1. The quantitative estimate of drug-likeness (QED) is 0.530. The number of carbonyl (C=O) groups excluding carboxylic acids is 1. The topological polar surface area (TPSA) is 116 Å². The molecular weight excluding hydrogens is 284 g/mol. The third-order valence-corrected chi connectivity index (χ3v) is 3.43. The summed E-state index contributed by atoms with van der Waals surface area (Å²) >= 11 is 0. The molecule has 0 radical (unpaired) electrons. The lowest BCUT2D eigenvalue weighted by molar-refractivity contribution is 0.0595. The molecule has 0 saturated heterocycles. The van der Waals surface area contributed by atoms with Crippen molar-refractivity contribution in [2.24, 2.45) is 0 Å². The summed E-state index contributed by atoms with van der Waals surface area (Å²) in [7, 11) is -1.93. The lowest BCUT2D eigenvalue weighted by atomic mass is 10.4. The number of aromatic nitrogens is 2. The minimum absolute atomic E-state index is 0.0976. The minimum Gasteiger partial charge on any atom is -0.464 e. The van der Waals surface area contributed by atoms with Gasteiger partial charge in [0.2, 0.25) is 10.0 Å². The molecule has 1 rings (SSSR count). The van der Waals surface area contributed by atoms with Gasteiger partial charge in [0.05, 0.1) is 13.4 Å². The van der Waals surface area contributed by atoms with Crippen molar-refractivity contribution in [3.05, 3.63) is 11.5 Å². The van der Waals surface area contributed by atoms with E-state index in [1.807, 2.05) is 6.92 Å². The first-order chi connectivity index (χ1) is 9.30. The molecule has 0 spiro atoms. The molecule has 1 heterocycles. The SMILES string of the molecule is CCc1nc(C(=O)OC)c(N)n1CCCNS(C)(=O)=O. The maximum absolute atomic E-state index is 11.5. The highest BCUT2D eigenvalue weighted by molar-refractivity contribution is 7.88. The van der Waals surface area contributed by atoms with Gasteiger partial charge < -0.3 is 15.0 Å². The van der Waals surface area contributed by atoms with Crippen molar-refractivity contribution in [2.45, 2.75) is 26.3 Å². The van der Waals surface area contributed by atoms with Crippen molar-refractivity contribution in [3.8, 4) is 0 Å². The van der Waals surface area contributed by atoms with Crippen molar-refractivity contribution in [1.29, 1.82) is 0 Å². The number of anilines is 1. The van der Waals surface area contributed by atoms with Crippen LogP contribution in [0.2, 0.25) is 0 Å². The number of nitrogen functional groups attached to an aromatic ring is 1. The van der Waals surface area contributed by atoms with Crippen LogP contribution in [0.5, 0.6) is 0 Å². The minimum atomic E-state index is -3.20. The molecule has 0 saturated carbocycles. The van der Waals surface area contributed by atoms with Crippen LogP contribution in [-0.2, 0) is 27.7 Å². The average molecular weight is 304 g/mol. The summed E-state index contributed by atoms with van der Waals surface area (Å²) in [5.41, 5.74) is 5.98. The smallest absolute Gasteiger partial charge is 0.360 e.